The monoisotopic (exact) mass is 295 g/mol. The summed E-state index contributed by atoms with van der Waals surface area (Å²) in [5.74, 6) is 0.447. The van der Waals surface area contributed by atoms with E-state index in [9.17, 15) is 9.50 Å². The number of aliphatic hydroxyl groups is 1. The molecule has 21 heavy (non-hydrogen) atoms. The number of nitrogens with one attached hydrogen (secondary N) is 1. The molecule has 0 heterocycles. The predicted molar refractivity (Wildman–Crippen MR) is 82.0 cm³/mol. The Labute approximate surface area is 126 Å². The SMILES string of the molecule is CNC(C)c1ccc(OCC(O)CC2CCCC2)c(F)c1. The molecule has 4 heteroatoms. The van der Waals surface area contributed by atoms with Crippen molar-refractivity contribution in [2.75, 3.05) is 13.7 Å². The van der Waals surface area contributed by atoms with Gasteiger partial charge in [0.1, 0.15) is 6.61 Å². The molecule has 1 aliphatic carbocycles. The molecule has 0 radical (unpaired) electrons. The fourth-order valence-electron chi connectivity index (χ4n) is 2.96. The van der Waals surface area contributed by atoms with E-state index >= 15 is 0 Å². The Kier molecular flexibility index (Phi) is 6.00. The molecule has 0 bridgehead atoms. The molecular weight excluding hydrogens is 269 g/mol. The maximum atomic E-state index is 14.0. The molecule has 1 aromatic carbocycles. The van der Waals surface area contributed by atoms with Crippen molar-refractivity contribution in [2.24, 2.45) is 5.92 Å². The van der Waals surface area contributed by atoms with Crippen LogP contribution in [-0.4, -0.2) is 24.9 Å². The van der Waals surface area contributed by atoms with Crippen LogP contribution in [0.4, 0.5) is 4.39 Å². The van der Waals surface area contributed by atoms with E-state index in [4.69, 9.17) is 4.74 Å². The molecule has 1 aromatic rings. The first-order valence-electron chi connectivity index (χ1n) is 7.87. The molecule has 2 rings (SSSR count). The maximum absolute atomic E-state index is 14.0. The molecule has 0 aliphatic heterocycles. The lowest BCUT2D eigenvalue weighted by Gasteiger charge is -2.17. The first kappa shape index (κ1) is 16.2. The van der Waals surface area contributed by atoms with E-state index < -0.39 is 6.10 Å². The van der Waals surface area contributed by atoms with Gasteiger partial charge in [0.25, 0.3) is 0 Å². The molecule has 1 aliphatic rings. The Morgan fingerprint density at radius 3 is 2.71 bits per heavy atom. The highest BCUT2D eigenvalue weighted by Gasteiger charge is 2.19. The summed E-state index contributed by atoms with van der Waals surface area (Å²) in [5.41, 5.74) is 0.883. The van der Waals surface area contributed by atoms with Gasteiger partial charge >= 0.3 is 0 Å². The smallest absolute Gasteiger partial charge is 0.165 e. The number of halogens is 1. The summed E-state index contributed by atoms with van der Waals surface area (Å²) in [6, 6.07) is 5.07. The first-order chi connectivity index (χ1) is 10.1. The third kappa shape index (κ3) is 4.68. The maximum Gasteiger partial charge on any atom is 0.165 e. The van der Waals surface area contributed by atoms with E-state index in [1.807, 2.05) is 20.0 Å². The van der Waals surface area contributed by atoms with Crippen molar-refractivity contribution in [3.8, 4) is 5.75 Å². The Balaban J connectivity index is 1.84. The minimum Gasteiger partial charge on any atom is -0.488 e. The van der Waals surface area contributed by atoms with Crippen LogP contribution in [0, 0.1) is 11.7 Å². The van der Waals surface area contributed by atoms with Crippen LogP contribution in [0.1, 0.15) is 50.6 Å². The highest BCUT2D eigenvalue weighted by molar-refractivity contribution is 5.30. The average molecular weight is 295 g/mol. The van der Waals surface area contributed by atoms with Gasteiger partial charge < -0.3 is 15.2 Å². The average Bonchev–Trinajstić information content (AvgIpc) is 2.98. The molecule has 0 spiro atoms. The van der Waals surface area contributed by atoms with Crippen molar-refractivity contribution in [3.05, 3.63) is 29.6 Å². The molecule has 1 saturated carbocycles. The molecule has 3 nitrogen and oxygen atoms in total. The van der Waals surface area contributed by atoms with Gasteiger partial charge in [0.05, 0.1) is 6.10 Å². The van der Waals surface area contributed by atoms with E-state index in [0.29, 0.717) is 5.92 Å². The summed E-state index contributed by atoms with van der Waals surface area (Å²) in [7, 11) is 1.84. The van der Waals surface area contributed by atoms with E-state index in [-0.39, 0.29) is 24.2 Å². The third-order valence-corrected chi connectivity index (χ3v) is 4.40. The van der Waals surface area contributed by atoms with Crippen molar-refractivity contribution < 1.29 is 14.2 Å². The van der Waals surface area contributed by atoms with Gasteiger partial charge in [0.2, 0.25) is 0 Å². The second-order valence-corrected chi connectivity index (χ2v) is 6.05. The number of rotatable bonds is 7. The van der Waals surface area contributed by atoms with E-state index in [1.54, 1.807) is 6.07 Å². The Hall–Kier alpha value is -1.13. The van der Waals surface area contributed by atoms with Gasteiger partial charge in [0, 0.05) is 6.04 Å². The highest BCUT2D eigenvalue weighted by atomic mass is 19.1. The largest absolute Gasteiger partial charge is 0.488 e. The van der Waals surface area contributed by atoms with Crippen molar-refractivity contribution in [1.29, 1.82) is 0 Å². The van der Waals surface area contributed by atoms with E-state index in [2.05, 4.69) is 5.32 Å². The Morgan fingerprint density at radius 2 is 2.10 bits per heavy atom. The molecule has 0 saturated heterocycles. The summed E-state index contributed by atoms with van der Waals surface area (Å²) >= 11 is 0. The normalized spacial score (nSPS) is 18.7. The van der Waals surface area contributed by atoms with Crippen LogP contribution in [0.2, 0.25) is 0 Å². The number of hydrogen-bond acceptors (Lipinski definition) is 3. The first-order valence-corrected chi connectivity index (χ1v) is 7.87. The van der Waals surface area contributed by atoms with Gasteiger partial charge in [-0.2, -0.15) is 0 Å². The zero-order valence-electron chi connectivity index (χ0n) is 12.9. The van der Waals surface area contributed by atoms with Crippen molar-refractivity contribution in [2.45, 2.75) is 51.2 Å². The minimum absolute atomic E-state index is 0.0986. The van der Waals surface area contributed by atoms with Crippen LogP contribution >= 0.6 is 0 Å². The van der Waals surface area contributed by atoms with Crippen LogP contribution in [-0.2, 0) is 0 Å². The molecule has 118 valence electrons. The summed E-state index contributed by atoms with van der Waals surface area (Å²) in [6.45, 7) is 2.13. The number of ether oxygens (including phenoxy) is 1. The summed E-state index contributed by atoms with van der Waals surface area (Å²) < 4.78 is 19.4. The number of benzene rings is 1. The van der Waals surface area contributed by atoms with Gasteiger partial charge in [-0.15, -0.1) is 0 Å². The Bertz CT molecular complexity index is 446. The molecule has 2 unspecified atom stereocenters. The van der Waals surface area contributed by atoms with Gasteiger partial charge in [0.15, 0.2) is 11.6 Å². The van der Waals surface area contributed by atoms with E-state index in [1.165, 1.54) is 31.7 Å². The van der Waals surface area contributed by atoms with Gasteiger partial charge in [-0.05, 0) is 44.0 Å². The van der Waals surface area contributed by atoms with Crippen LogP contribution in [0.5, 0.6) is 5.75 Å². The van der Waals surface area contributed by atoms with Gasteiger partial charge in [-0.25, -0.2) is 4.39 Å². The van der Waals surface area contributed by atoms with Crippen LogP contribution in [0.25, 0.3) is 0 Å². The third-order valence-electron chi connectivity index (χ3n) is 4.40. The van der Waals surface area contributed by atoms with Crippen LogP contribution < -0.4 is 10.1 Å². The van der Waals surface area contributed by atoms with Gasteiger partial charge in [-0.3, -0.25) is 0 Å². The lowest BCUT2D eigenvalue weighted by Crippen LogP contribution is -2.21. The quantitative estimate of drug-likeness (QED) is 0.810. The molecule has 2 atom stereocenters. The lowest BCUT2D eigenvalue weighted by atomic mass is 10.0. The van der Waals surface area contributed by atoms with Crippen LogP contribution in [0.15, 0.2) is 18.2 Å². The zero-order valence-corrected chi connectivity index (χ0v) is 12.9. The topological polar surface area (TPSA) is 41.5 Å². The summed E-state index contributed by atoms with van der Waals surface area (Å²) in [6.07, 6.45) is 5.17. The van der Waals surface area contributed by atoms with Gasteiger partial charge in [-0.1, -0.05) is 31.7 Å². The fraction of sp³-hybridized carbons (Fsp3) is 0.647. The zero-order chi connectivity index (χ0) is 15.2. The van der Waals surface area contributed by atoms with Crippen molar-refractivity contribution >= 4 is 0 Å². The molecule has 0 aromatic heterocycles. The fourth-order valence-corrected chi connectivity index (χ4v) is 2.96. The van der Waals surface area contributed by atoms with E-state index in [0.717, 1.165) is 12.0 Å². The lowest BCUT2D eigenvalue weighted by molar-refractivity contribution is 0.0837. The number of aliphatic hydroxyl groups excluding tert-OH is 1. The second kappa shape index (κ2) is 7.76. The molecule has 1 fully saturated rings. The second-order valence-electron chi connectivity index (χ2n) is 6.05. The molecule has 0 amide bonds. The summed E-state index contributed by atoms with van der Waals surface area (Å²) in [5, 5.41) is 13.1. The van der Waals surface area contributed by atoms with Crippen molar-refractivity contribution in [3.63, 3.8) is 0 Å². The molecular formula is C17H26FNO2. The van der Waals surface area contributed by atoms with Crippen molar-refractivity contribution in [1.82, 2.24) is 5.32 Å². The summed E-state index contributed by atoms with van der Waals surface area (Å²) in [4.78, 5) is 0. The highest BCUT2D eigenvalue weighted by Crippen LogP contribution is 2.29. The Morgan fingerprint density at radius 1 is 1.38 bits per heavy atom. The molecule has 2 N–H and O–H groups in total. The standard InChI is InChI=1S/C17H26FNO2/c1-12(19-2)14-7-8-17(16(18)10-14)21-11-15(20)9-13-5-3-4-6-13/h7-8,10,12-13,15,19-20H,3-6,9,11H2,1-2H3. The minimum atomic E-state index is -0.511. The van der Waals surface area contributed by atoms with Crippen LogP contribution in [0.3, 0.4) is 0 Å². The predicted octanol–water partition coefficient (Wildman–Crippen LogP) is 3.43. The number of hydrogen-bond donors (Lipinski definition) is 2.